The monoisotopic (exact) mass is 885 g/mol. The smallest absolute Gasteiger partial charge is 0.311 e. The lowest BCUT2D eigenvalue weighted by Gasteiger charge is -2.21. The van der Waals surface area contributed by atoms with Gasteiger partial charge in [-0.1, -0.05) is 219 Å². The maximum absolute atomic E-state index is 13.3. The van der Waals surface area contributed by atoms with Gasteiger partial charge in [-0.05, 0) is 62.6 Å². The normalized spacial score (nSPS) is 11.3. The highest BCUT2D eigenvalue weighted by molar-refractivity contribution is 5.74. The van der Waals surface area contributed by atoms with Gasteiger partial charge in [0.2, 0.25) is 0 Å². The Kier molecular flexibility index (Phi) is 39.7. The van der Waals surface area contributed by atoms with Gasteiger partial charge in [0.1, 0.15) is 11.5 Å². The number of carbonyl (C=O) groups is 4. The summed E-state index contributed by atoms with van der Waals surface area (Å²) in [5.41, 5.74) is 0.992. The zero-order chi connectivity index (χ0) is 45.9. The first-order chi connectivity index (χ1) is 30.8. The van der Waals surface area contributed by atoms with Gasteiger partial charge in [-0.15, -0.1) is 0 Å². The Morgan fingerprint density at radius 2 is 0.698 bits per heavy atom. The molecule has 0 saturated carbocycles. The van der Waals surface area contributed by atoms with Crippen molar-refractivity contribution in [1.29, 1.82) is 0 Å². The van der Waals surface area contributed by atoms with E-state index in [4.69, 9.17) is 19.7 Å². The Hall–Kier alpha value is -2.90. The number of hydrogen-bond acceptors (Lipinski definition) is 6. The standard InChI is InChI=1S/C55H96O8/c1-3-5-7-9-11-15-25-31-37-43-54(60)62-49-45-46-51(63-55(61)44-38-32-26-16-12-10-8-6-4-2)50(47-49)48(39-33-27-21-17-13-19-23-29-35-41-52(56)57)40-34-28-22-18-14-20-24-30-36-42-53(58)59/h45-48H,3-44H2,1-2H3,(H,56,57)(H,58,59). The van der Waals surface area contributed by atoms with Crippen LogP contribution >= 0.6 is 0 Å². The Morgan fingerprint density at radius 1 is 0.397 bits per heavy atom. The number of aliphatic carboxylic acids is 2. The number of carbonyl (C=O) groups excluding carboxylic acids is 2. The van der Waals surface area contributed by atoms with E-state index in [1.165, 1.54) is 116 Å². The fraction of sp³-hybridized carbons (Fsp3) is 0.818. The molecule has 0 aromatic heterocycles. The molecule has 8 heteroatoms. The van der Waals surface area contributed by atoms with Gasteiger partial charge in [0, 0.05) is 31.2 Å². The van der Waals surface area contributed by atoms with Gasteiger partial charge in [-0.3, -0.25) is 19.2 Å². The molecule has 0 fully saturated rings. The highest BCUT2D eigenvalue weighted by atomic mass is 16.5. The van der Waals surface area contributed by atoms with E-state index < -0.39 is 11.9 Å². The van der Waals surface area contributed by atoms with E-state index in [-0.39, 0.29) is 30.7 Å². The van der Waals surface area contributed by atoms with E-state index in [1.54, 1.807) is 6.07 Å². The van der Waals surface area contributed by atoms with Gasteiger partial charge < -0.3 is 19.7 Å². The first kappa shape index (κ1) is 58.1. The van der Waals surface area contributed by atoms with Gasteiger partial charge in [0.05, 0.1) is 0 Å². The predicted molar refractivity (Wildman–Crippen MR) is 261 cm³/mol. The van der Waals surface area contributed by atoms with Crippen molar-refractivity contribution >= 4 is 23.9 Å². The third-order valence-electron chi connectivity index (χ3n) is 12.7. The van der Waals surface area contributed by atoms with Gasteiger partial charge in [-0.25, -0.2) is 0 Å². The molecular weight excluding hydrogens is 789 g/mol. The van der Waals surface area contributed by atoms with E-state index >= 15 is 0 Å². The van der Waals surface area contributed by atoms with Crippen LogP contribution in [0.1, 0.15) is 295 Å². The molecule has 0 aliphatic rings. The summed E-state index contributed by atoms with van der Waals surface area (Å²) in [6.45, 7) is 4.49. The summed E-state index contributed by atoms with van der Waals surface area (Å²) < 4.78 is 12.1. The Labute approximate surface area is 386 Å². The first-order valence-corrected chi connectivity index (χ1v) is 26.8. The van der Waals surface area contributed by atoms with Crippen LogP contribution in [0, 0.1) is 0 Å². The van der Waals surface area contributed by atoms with Crippen molar-refractivity contribution in [3.63, 3.8) is 0 Å². The average Bonchev–Trinajstić information content (AvgIpc) is 3.25. The number of carboxylic acids is 2. The lowest BCUT2D eigenvalue weighted by molar-refractivity contribution is -0.138. The number of unbranched alkanes of at least 4 members (excludes halogenated alkanes) is 32. The second kappa shape index (κ2) is 43.0. The van der Waals surface area contributed by atoms with Crippen LogP contribution in [0.4, 0.5) is 0 Å². The third kappa shape index (κ3) is 37.1. The maximum Gasteiger partial charge on any atom is 0.311 e. The summed E-state index contributed by atoms with van der Waals surface area (Å²) in [6.07, 6.45) is 44.4. The van der Waals surface area contributed by atoms with Crippen LogP contribution in [-0.4, -0.2) is 34.1 Å². The summed E-state index contributed by atoms with van der Waals surface area (Å²) in [4.78, 5) is 48.0. The number of hydrogen-bond donors (Lipinski definition) is 2. The summed E-state index contributed by atoms with van der Waals surface area (Å²) >= 11 is 0. The molecule has 2 N–H and O–H groups in total. The topological polar surface area (TPSA) is 127 Å². The molecule has 364 valence electrons. The molecule has 0 saturated heterocycles. The first-order valence-electron chi connectivity index (χ1n) is 26.8. The SMILES string of the molecule is CCCCCCCCCCCC(=O)Oc1ccc(OC(=O)CCCCCCCCCCC)c(C(CCCCCCCCCCCC(=O)O)CCCCCCCCCCCC(=O)O)c1. The number of esters is 2. The molecule has 0 aliphatic carbocycles. The zero-order valence-electron chi connectivity index (χ0n) is 40.9. The second-order valence-corrected chi connectivity index (χ2v) is 18.7. The molecule has 0 amide bonds. The van der Waals surface area contributed by atoms with Crippen LogP contribution in [0.3, 0.4) is 0 Å². The minimum absolute atomic E-state index is 0.182. The minimum Gasteiger partial charge on any atom is -0.481 e. The quantitative estimate of drug-likeness (QED) is 0.0376. The minimum atomic E-state index is -0.706. The van der Waals surface area contributed by atoms with E-state index in [1.807, 2.05) is 12.1 Å². The van der Waals surface area contributed by atoms with E-state index in [0.717, 1.165) is 134 Å². The van der Waals surface area contributed by atoms with Crippen LogP contribution in [0.15, 0.2) is 18.2 Å². The van der Waals surface area contributed by atoms with Gasteiger partial charge in [0.25, 0.3) is 0 Å². The molecule has 0 heterocycles. The van der Waals surface area contributed by atoms with E-state index in [2.05, 4.69) is 13.8 Å². The van der Waals surface area contributed by atoms with Gasteiger partial charge in [0.15, 0.2) is 0 Å². The van der Waals surface area contributed by atoms with E-state index in [9.17, 15) is 19.2 Å². The van der Waals surface area contributed by atoms with Crippen LogP contribution in [-0.2, 0) is 19.2 Å². The van der Waals surface area contributed by atoms with Gasteiger partial charge >= 0.3 is 23.9 Å². The fourth-order valence-corrected chi connectivity index (χ4v) is 8.78. The highest BCUT2D eigenvalue weighted by Crippen LogP contribution is 2.38. The molecule has 0 aliphatic heterocycles. The summed E-state index contributed by atoms with van der Waals surface area (Å²) in [5.74, 6) is -0.434. The van der Waals surface area contributed by atoms with Crippen LogP contribution < -0.4 is 9.47 Å². The van der Waals surface area contributed by atoms with Crippen molar-refractivity contribution in [2.75, 3.05) is 0 Å². The molecule has 1 rings (SSSR count). The third-order valence-corrected chi connectivity index (χ3v) is 12.7. The van der Waals surface area contributed by atoms with E-state index in [0.29, 0.717) is 24.3 Å². The molecule has 0 radical (unpaired) electrons. The van der Waals surface area contributed by atoms with Crippen LogP contribution in [0.5, 0.6) is 11.5 Å². The maximum atomic E-state index is 13.3. The van der Waals surface area contributed by atoms with Crippen molar-refractivity contribution in [2.45, 2.75) is 289 Å². The predicted octanol–water partition coefficient (Wildman–Crippen LogP) is 17.2. The Bertz CT molecular complexity index is 1230. The molecule has 1 aromatic carbocycles. The summed E-state index contributed by atoms with van der Waals surface area (Å²) in [7, 11) is 0. The Morgan fingerprint density at radius 3 is 1.05 bits per heavy atom. The highest BCUT2D eigenvalue weighted by Gasteiger charge is 2.21. The van der Waals surface area contributed by atoms with Gasteiger partial charge in [-0.2, -0.15) is 0 Å². The van der Waals surface area contributed by atoms with Crippen molar-refractivity contribution in [1.82, 2.24) is 0 Å². The Balaban J connectivity index is 2.93. The van der Waals surface area contributed by atoms with Crippen LogP contribution in [0.25, 0.3) is 0 Å². The number of rotatable bonds is 47. The molecular formula is C55H96O8. The lowest BCUT2D eigenvalue weighted by Crippen LogP contribution is -2.12. The van der Waals surface area contributed by atoms with Crippen molar-refractivity contribution in [3.05, 3.63) is 23.8 Å². The summed E-state index contributed by atoms with van der Waals surface area (Å²) in [5, 5.41) is 17.8. The zero-order valence-corrected chi connectivity index (χ0v) is 40.9. The molecule has 0 atom stereocenters. The van der Waals surface area contributed by atoms with Crippen LogP contribution in [0.2, 0.25) is 0 Å². The molecule has 63 heavy (non-hydrogen) atoms. The fourth-order valence-electron chi connectivity index (χ4n) is 8.78. The number of carboxylic acid groups (broad SMARTS) is 2. The molecule has 8 nitrogen and oxygen atoms in total. The second-order valence-electron chi connectivity index (χ2n) is 18.7. The average molecular weight is 885 g/mol. The summed E-state index contributed by atoms with van der Waals surface area (Å²) in [6, 6.07) is 5.67. The largest absolute Gasteiger partial charge is 0.481 e. The van der Waals surface area contributed by atoms with Crippen molar-refractivity contribution < 1.29 is 38.9 Å². The molecule has 0 spiro atoms. The van der Waals surface area contributed by atoms with Crippen molar-refractivity contribution in [2.24, 2.45) is 0 Å². The number of ether oxygens (including phenoxy) is 2. The lowest BCUT2D eigenvalue weighted by atomic mass is 9.87. The van der Waals surface area contributed by atoms with Crippen molar-refractivity contribution in [3.8, 4) is 11.5 Å². The molecule has 1 aromatic rings. The molecule has 0 bridgehead atoms. The molecule has 0 unspecified atom stereocenters. The number of benzene rings is 1.